The van der Waals surface area contributed by atoms with E-state index in [1.165, 1.54) is 41.8 Å². The summed E-state index contributed by atoms with van der Waals surface area (Å²) in [7, 11) is 0. The third-order valence-corrected chi connectivity index (χ3v) is 3.12. The van der Waals surface area contributed by atoms with Crippen LogP contribution < -0.4 is 0 Å². The fourth-order valence-corrected chi connectivity index (χ4v) is 2.19. The number of non-ortho nitro benzene ring substituents is 1. The number of aromatic nitrogens is 1. The van der Waals surface area contributed by atoms with Gasteiger partial charge in [0.15, 0.2) is 6.10 Å². The summed E-state index contributed by atoms with van der Waals surface area (Å²) in [4.78, 5) is 24.7. The molecule has 0 saturated heterocycles. The summed E-state index contributed by atoms with van der Waals surface area (Å²) >= 11 is 1.25. The second kappa shape index (κ2) is 5.44. The van der Waals surface area contributed by atoms with Crippen molar-refractivity contribution in [3.05, 3.63) is 56.5 Å². The summed E-state index contributed by atoms with van der Waals surface area (Å²) in [5, 5.41) is 21.5. The molecular weight excluding hydrogens is 272 g/mol. The predicted octanol–water partition coefficient (Wildman–Crippen LogP) is 2.84. The summed E-state index contributed by atoms with van der Waals surface area (Å²) in [5.74, 6) is 0. The van der Waals surface area contributed by atoms with Gasteiger partial charge in [0, 0.05) is 29.3 Å². The van der Waals surface area contributed by atoms with Gasteiger partial charge in [-0.1, -0.05) is 0 Å². The van der Waals surface area contributed by atoms with Gasteiger partial charge in [0.2, 0.25) is 0 Å². The van der Waals surface area contributed by atoms with E-state index >= 15 is 0 Å². The SMILES string of the molecule is O=C(O)OC(c1ccc([N+](=O)[O-])cc1)c1nccs1. The van der Waals surface area contributed by atoms with E-state index < -0.39 is 17.2 Å². The van der Waals surface area contributed by atoms with Crippen LogP contribution in [-0.2, 0) is 4.74 Å². The molecule has 2 aromatic rings. The first-order valence-electron chi connectivity index (χ1n) is 5.11. The van der Waals surface area contributed by atoms with Crippen LogP contribution in [0.5, 0.6) is 0 Å². The Bertz CT molecular complexity index is 582. The van der Waals surface area contributed by atoms with Gasteiger partial charge in [0.05, 0.1) is 4.92 Å². The number of nitro groups is 1. The van der Waals surface area contributed by atoms with Crippen LogP contribution in [0.15, 0.2) is 35.8 Å². The molecule has 0 aliphatic heterocycles. The van der Waals surface area contributed by atoms with Gasteiger partial charge < -0.3 is 9.84 Å². The zero-order valence-electron chi connectivity index (χ0n) is 9.42. The maximum absolute atomic E-state index is 10.7. The maximum atomic E-state index is 10.7. The molecule has 0 aliphatic rings. The Morgan fingerprint density at radius 3 is 2.58 bits per heavy atom. The first-order valence-corrected chi connectivity index (χ1v) is 5.99. The lowest BCUT2D eigenvalue weighted by Gasteiger charge is -2.13. The lowest BCUT2D eigenvalue weighted by Crippen LogP contribution is -2.10. The summed E-state index contributed by atoms with van der Waals surface area (Å²) < 4.78 is 4.78. The van der Waals surface area contributed by atoms with E-state index in [4.69, 9.17) is 9.84 Å². The number of nitrogens with zero attached hydrogens (tertiary/aromatic N) is 2. The fraction of sp³-hybridized carbons (Fsp3) is 0.0909. The van der Waals surface area contributed by atoms with Gasteiger partial charge in [-0.3, -0.25) is 10.1 Å². The Kier molecular flexibility index (Phi) is 3.71. The van der Waals surface area contributed by atoms with Gasteiger partial charge in [-0.25, -0.2) is 9.78 Å². The molecule has 1 heterocycles. The lowest BCUT2D eigenvalue weighted by atomic mass is 10.1. The quantitative estimate of drug-likeness (QED) is 0.524. The van der Waals surface area contributed by atoms with Crippen LogP contribution in [0, 0.1) is 10.1 Å². The molecule has 1 aromatic carbocycles. The molecule has 0 spiro atoms. The van der Waals surface area contributed by atoms with Crippen LogP contribution in [0.4, 0.5) is 10.5 Å². The van der Waals surface area contributed by atoms with Crippen LogP contribution in [0.25, 0.3) is 0 Å². The monoisotopic (exact) mass is 280 g/mol. The first kappa shape index (κ1) is 13.0. The second-order valence-electron chi connectivity index (χ2n) is 3.48. The zero-order valence-corrected chi connectivity index (χ0v) is 10.2. The molecule has 1 N–H and O–H groups in total. The van der Waals surface area contributed by atoms with Crippen molar-refractivity contribution in [1.29, 1.82) is 0 Å². The predicted molar refractivity (Wildman–Crippen MR) is 66.2 cm³/mol. The number of nitro benzene ring substituents is 1. The molecule has 19 heavy (non-hydrogen) atoms. The molecule has 0 fully saturated rings. The highest BCUT2D eigenvalue weighted by molar-refractivity contribution is 7.09. The van der Waals surface area contributed by atoms with Crippen molar-refractivity contribution in [3.8, 4) is 0 Å². The molecule has 1 aromatic heterocycles. The molecule has 1 atom stereocenters. The summed E-state index contributed by atoms with van der Waals surface area (Å²) in [6, 6.07) is 5.49. The molecular formula is C11H8N2O5S. The minimum Gasteiger partial charge on any atom is -0.450 e. The molecule has 2 rings (SSSR count). The molecule has 7 nitrogen and oxygen atoms in total. The molecule has 8 heteroatoms. The second-order valence-corrected chi connectivity index (χ2v) is 4.41. The molecule has 1 unspecified atom stereocenters. The van der Waals surface area contributed by atoms with E-state index in [-0.39, 0.29) is 5.69 Å². The number of rotatable bonds is 4. The molecule has 98 valence electrons. The minimum absolute atomic E-state index is 0.0723. The Morgan fingerprint density at radius 2 is 2.11 bits per heavy atom. The summed E-state index contributed by atoms with van der Waals surface area (Å²) in [6.07, 6.45) is -0.777. The molecule has 0 radical (unpaired) electrons. The number of hydrogen-bond donors (Lipinski definition) is 1. The van der Waals surface area contributed by atoms with Gasteiger partial charge in [-0.15, -0.1) is 11.3 Å². The molecule has 0 amide bonds. The van der Waals surface area contributed by atoms with Crippen LogP contribution in [0.1, 0.15) is 16.7 Å². The smallest absolute Gasteiger partial charge is 0.450 e. The van der Waals surface area contributed by atoms with E-state index in [1.807, 2.05) is 0 Å². The number of carbonyl (C=O) groups is 1. The first-order chi connectivity index (χ1) is 9.08. The highest BCUT2D eigenvalue weighted by Gasteiger charge is 2.21. The fourth-order valence-electron chi connectivity index (χ4n) is 1.50. The summed E-state index contributed by atoms with van der Waals surface area (Å²) in [5.41, 5.74) is 0.417. The third-order valence-electron chi connectivity index (χ3n) is 2.30. The van der Waals surface area contributed by atoms with Crippen molar-refractivity contribution in [2.45, 2.75) is 6.10 Å². The van der Waals surface area contributed by atoms with Crippen molar-refractivity contribution in [3.63, 3.8) is 0 Å². The topological polar surface area (TPSA) is 103 Å². The average Bonchev–Trinajstić information content (AvgIpc) is 2.89. The van der Waals surface area contributed by atoms with Crippen molar-refractivity contribution < 1.29 is 19.6 Å². The van der Waals surface area contributed by atoms with Gasteiger partial charge in [0.1, 0.15) is 5.01 Å². The standard InChI is InChI=1S/C11H8N2O5S/c14-11(15)18-9(10-12-5-6-19-10)7-1-3-8(4-2-7)13(16)17/h1-6,9H,(H,14,15). The van der Waals surface area contributed by atoms with Crippen LogP contribution in [0.2, 0.25) is 0 Å². The number of carboxylic acid groups (broad SMARTS) is 1. The van der Waals surface area contributed by atoms with Gasteiger partial charge in [0.25, 0.3) is 5.69 Å². The number of hydrogen-bond acceptors (Lipinski definition) is 6. The van der Waals surface area contributed by atoms with E-state index in [0.717, 1.165) is 0 Å². The largest absolute Gasteiger partial charge is 0.506 e. The lowest BCUT2D eigenvalue weighted by molar-refractivity contribution is -0.384. The number of ether oxygens (including phenoxy) is 1. The summed E-state index contributed by atoms with van der Waals surface area (Å²) in [6.45, 7) is 0. The van der Waals surface area contributed by atoms with E-state index in [9.17, 15) is 14.9 Å². The van der Waals surface area contributed by atoms with E-state index in [1.54, 1.807) is 5.38 Å². The highest BCUT2D eigenvalue weighted by Crippen LogP contribution is 2.28. The molecule has 0 bridgehead atoms. The van der Waals surface area contributed by atoms with Crippen LogP contribution in [0.3, 0.4) is 0 Å². The van der Waals surface area contributed by atoms with Gasteiger partial charge in [-0.2, -0.15) is 0 Å². The average molecular weight is 280 g/mol. The van der Waals surface area contributed by atoms with E-state index in [0.29, 0.717) is 10.6 Å². The van der Waals surface area contributed by atoms with Gasteiger partial charge in [-0.05, 0) is 12.1 Å². The Balaban J connectivity index is 2.33. The van der Waals surface area contributed by atoms with Crippen LogP contribution in [-0.4, -0.2) is 21.2 Å². The van der Waals surface area contributed by atoms with Crippen molar-refractivity contribution >= 4 is 23.2 Å². The number of benzene rings is 1. The normalized spacial score (nSPS) is 11.8. The van der Waals surface area contributed by atoms with Crippen molar-refractivity contribution in [2.24, 2.45) is 0 Å². The van der Waals surface area contributed by atoms with Crippen molar-refractivity contribution in [1.82, 2.24) is 4.98 Å². The Labute approximate surface area is 111 Å². The zero-order chi connectivity index (χ0) is 13.8. The molecule has 0 saturated carbocycles. The van der Waals surface area contributed by atoms with Crippen LogP contribution >= 0.6 is 11.3 Å². The third kappa shape index (κ3) is 3.05. The molecule has 0 aliphatic carbocycles. The Morgan fingerprint density at radius 1 is 1.42 bits per heavy atom. The van der Waals surface area contributed by atoms with Gasteiger partial charge >= 0.3 is 6.16 Å². The highest BCUT2D eigenvalue weighted by atomic mass is 32.1. The number of thiazole rings is 1. The minimum atomic E-state index is -1.43. The van der Waals surface area contributed by atoms with E-state index in [2.05, 4.69) is 4.98 Å². The Hall–Kier alpha value is -2.48. The maximum Gasteiger partial charge on any atom is 0.506 e. The van der Waals surface area contributed by atoms with Crippen molar-refractivity contribution in [2.75, 3.05) is 0 Å².